The second-order valence-electron chi connectivity index (χ2n) is 5.46. The summed E-state index contributed by atoms with van der Waals surface area (Å²) in [5, 5.41) is 8.95. The van der Waals surface area contributed by atoms with Crippen LogP contribution in [0.3, 0.4) is 0 Å². The van der Waals surface area contributed by atoms with Crippen molar-refractivity contribution >= 4 is 17.7 Å². The first-order chi connectivity index (χ1) is 11.4. The van der Waals surface area contributed by atoms with Crippen molar-refractivity contribution in [1.82, 2.24) is 0 Å². The molecule has 2 atom stereocenters. The van der Waals surface area contributed by atoms with Gasteiger partial charge in [-0.3, -0.25) is 9.79 Å². The molecule has 0 aliphatic carbocycles. The number of carbonyl (C=O) groups excluding carboxylic acids is 2. The van der Waals surface area contributed by atoms with Crippen molar-refractivity contribution in [3.05, 3.63) is 46.7 Å². The highest BCUT2D eigenvalue weighted by molar-refractivity contribution is 6.06. The first-order valence-corrected chi connectivity index (χ1v) is 7.36. The van der Waals surface area contributed by atoms with Gasteiger partial charge in [-0.2, -0.15) is 5.26 Å². The Morgan fingerprint density at radius 2 is 1.75 bits per heavy atom. The number of ether oxygens (including phenoxy) is 2. The summed E-state index contributed by atoms with van der Waals surface area (Å²) < 4.78 is 9.79. The zero-order valence-electron chi connectivity index (χ0n) is 14.0. The molecule has 0 N–H and O–H groups in total. The van der Waals surface area contributed by atoms with Gasteiger partial charge in [0.1, 0.15) is 5.92 Å². The van der Waals surface area contributed by atoms with E-state index in [1.165, 1.54) is 14.2 Å². The number of hydrogen-bond donors (Lipinski definition) is 0. The van der Waals surface area contributed by atoms with Crippen molar-refractivity contribution in [3.63, 3.8) is 0 Å². The Kier molecular flexibility index (Phi) is 5.14. The zero-order chi connectivity index (χ0) is 17.9. The molecule has 1 aromatic carbocycles. The standard InChI is InChI=1S/C18H18N2O4/c1-10-14(17(21)23-3)16(13-7-5-12(9-19)6-8-13)15(11(2)20-10)18(22)24-4/h5-8,14,16H,1-4H3. The van der Waals surface area contributed by atoms with Gasteiger partial charge in [0.25, 0.3) is 0 Å². The average molecular weight is 326 g/mol. The molecule has 0 amide bonds. The lowest BCUT2D eigenvalue weighted by Crippen LogP contribution is -2.36. The van der Waals surface area contributed by atoms with Gasteiger partial charge in [0.15, 0.2) is 0 Å². The van der Waals surface area contributed by atoms with E-state index in [4.69, 9.17) is 14.7 Å². The lowest BCUT2D eigenvalue weighted by atomic mass is 9.75. The number of allylic oxidation sites excluding steroid dienone is 1. The Hall–Kier alpha value is -2.94. The molecule has 0 saturated carbocycles. The molecule has 0 aromatic heterocycles. The number of esters is 2. The van der Waals surface area contributed by atoms with Crippen LogP contribution in [-0.2, 0) is 19.1 Å². The molecule has 124 valence electrons. The van der Waals surface area contributed by atoms with E-state index in [9.17, 15) is 9.59 Å². The molecular formula is C18H18N2O4. The quantitative estimate of drug-likeness (QED) is 0.796. The highest BCUT2D eigenvalue weighted by Crippen LogP contribution is 2.39. The van der Waals surface area contributed by atoms with Crippen LogP contribution in [0.4, 0.5) is 0 Å². The molecule has 24 heavy (non-hydrogen) atoms. The van der Waals surface area contributed by atoms with E-state index in [-0.39, 0.29) is 0 Å². The first-order valence-electron chi connectivity index (χ1n) is 7.36. The smallest absolute Gasteiger partial charge is 0.336 e. The van der Waals surface area contributed by atoms with Gasteiger partial charge in [0.05, 0.1) is 31.4 Å². The van der Waals surface area contributed by atoms with Crippen molar-refractivity contribution in [2.24, 2.45) is 10.9 Å². The molecule has 1 heterocycles. The lowest BCUT2D eigenvalue weighted by Gasteiger charge is -2.31. The second kappa shape index (κ2) is 7.09. The van der Waals surface area contributed by atoms with Crippen molar-refractivity contribution in [1.29, 1.82) is 5.26 Å². The molecule has 0 spiro atoms. The predicted octanol–water partition coefficient (Wildman–Crippen LogP) is 2.35. The Labute approximate surface area is 140 Å². The van der Waals surface area contributed by atoms with E-state index in [1.54, 1.807) is 38.1 Å². The van der Waals surface area contributed by atoms with Crippen LogP contribution >= 0.6 is 0 Å². The normalized spacial score (nSPS) is 20.0. The molecule has 0 fully saturated rings. The monoisotopic (exact) mass is 326 g/mol. The van der Waals surface area contributed by atoms with Crippen LogP contribution in [0.15, 0.2) is 40.5 Å². The maximum atomic E-state index is 12.3. The van der Waals surface area contributed by atoms with Crippen molar-refractivity contribution in [2.45, 2.75) is 19.8 Å². The van der Waals surface area contributed by atoms with Crippen LogP contribution in [0.5, 0.6) is 0 Å². The molecule has 1 aliphatic rings. The third kappa shape index (κ3) is 3.06. The van der Waals surface area contributed by atoms with Crippen LogP contribution in [0.2, 0.25) is 0 Å². The Morgan fingerprint density at radius 3 is 2.25 bits per heavy atom. The minimum atomic E-state index is -0.722. The number of carbonyl (C=O) groups is 2. The summed E-state index contributed by atoms with van der Waals surface area (Å²) in [5.41, 5.74) is 2.62. The predicted molar refractivity (Wildman–Crippen MR) is 87.2 cm³/mol. The zero-order valence-corrected chi connectivity index (χ0v) is 14.0. The van der Waals surface area contributed by atoms with Gasteiger partial charge in [0, 0.05) is 17.3 Å². The van der Waals surface area contributed by atoms with E-state index in [2.05, 4.69) is 4.99 Å². The van der Waals surface area contributed by atoms with Gasteiger partial charge in [0.2, 0.25) is 0 Å². The Morgan fingerprint density at radius 1 is 1.12 bits per heavy atom. The first kappa shape index (κ1) is 17.4. The van der Waals surface area contributed by atoms with E-state index >= 15 is 0 Å². The number of benzene rings is 1. The molecule has 1 aromatic rings. The van der Waals surface area contributed by atoms with Crippen LogP contribution < -0.4 is 0 Å². The molecule has 6 heteroatoms. The highest BCUT2D eigenvalue weighted by Gasteiger charge is 2.41. The average Bonchev–Trinajstić information content (AvgIpc) is 2.60. The molecule has 0 saturated heterocycles. The molecular weight excluding hydrogens is 308 g/mol. The summed E-state index contributed by atoms with van der Waals surface area (Å²) in [7, 11) is 2.59. The summed E-state index contributed by atoms with van der Waals surface area (Å²) in [6.45, 7) is 3.44. The Balaban J connectivity index is 2.65. The molecule has 0 bridgehead atoms. The lowest BCUT2D eigenvalue weighted by molar-refractivity contribution is -0.143. The van der Waals surface area contributed by atoms with Crippen LogP contribution in [0.1, 0.15) is 30.9 Å². The van der Waals surface area contributed by atoms with E-state index < -0.39 is 23.8 Å². The van der Waals surface area contributed by atoms with Crippen molar-refractivity contribution in [2.75, 3.05) is 14.2 Å². The molecule has 0 radical (unpaired) electrons. The van der Waals surface area contributed by atoms with Gasteiger partial charge in [-0.25, -0.2) is 4.79 Å². The van der Waals surface area contributed by atoms with E-state index in [1.807, 2.05) is 6.07 Å². The van der Waals surface area contributed by atoms with Crippen molar-refractivity contribution < 1.29 is 19.1 Å². The van der Waals surface area contributed by atoms with Crippen LogP contribution in [0.25, 0.3) is 0 Å². The third-order valence-corrected chi connectivity index (χ3v) is 4.09. The SMILES string of the molecule is COC(=O)C1=C(C)N=C(C)C(C(=O)OC)C1c1ccc(C#N)cc1. The van der Waals surface area contributed by atoms with Gasteiger partial charge in [-0.05, 0) is 31.5 Å². The van der Waals surface area contributed by atoms with Crippen molar-refractivity contribution in [3.8, 4) is 6.07 Å². The fraction of sp³-hybridized carbons (Fsp3) is 0.333. The fourth-order valence-corrected chi connectivity index (χ4v) is 2.97. The van der Waals surface area contributed by atoms with Gasteiger partial charge >= 0.3 is 11.9 Å². The summed E-state index contributed by atoms with van der Waals surface area (Å²) in [4.78, 5) is 28.9. The van der Waals surface area contributed by atoms with Gasteiger partial charge in [-0.15, -0.1) is 0 Å². The number of aliphatic imine (C=N–C) groups is 1. The third-order valence-electron chi connectivity index (χ3n) is 4.09. The number of hydrogen-bond acceptors (Lipinski definition) is 6. The highest BCUT2D eigenvalue weighted by atomic mass is 16.5. The van der Waals surface area contributed by atoms with E-state index in [0.29, 0.717) is 22.5 Å². The molecule has 1 aliphatic heterocycles. The number of nitrogens with zero attached hydrogens (tertiary/aromatic N) is 2. The van der Waals surface area contributed by atoms with Crippen LogP contribution in [-0.4, -0.2) is 31.9 Å². The summed E-state index contributed by atoms with van der Waals surface area (Å²) >= 11 is 0. The minimum absolute atomic E-state index is 0.322. The number of rotatable bonds is 3. The minimum Gasteiger partial charge on any atom is -0.468 e. The molecule has 2 rings (SSSR count). The number of nitriles is 1. The topological polar surface area (TPSA) is 88.8 Å². The van der Waals surface area contributed by atoms with Gasteiger partial charge in [-0.1, -0.05) is 12.1 Å². The molecule has 6 nitrogen and oxygen atoms in total. The Bertz CT molecular complexity index is 769. The largest absolute Gasteiger partial charge is 0.468 e. The molecule has 2 unspecified atom stereocenters. The summed E-state index contributed by atoms with van der Waals surface area (Å²) in [5.74, 6) is -2.30. The maximum Gasteiger partial charge on any atom is 0.336 e. The van der Waals surface area contributed by atoms with Crippen LogP contribution in [0, 0.1) is 17.2 Å². The fourth-order valence-electron chi connectivity index (χ4n) is 2.97. The van der Waals surface area contributed by atoms with Gasteiger partial charge < -0.3 is 9.47 Å². The summed E-state index contributed by atoms with van der Waals surface area (Å²) in [6.07, 6.45) is 0. The summed E-state index contributed by atoms with van der Waals surface area (Å²) in [6, 6.07) is 8.80. The number of methoxy groups -OCH3 is 2. The van der Waals surface area contributed by atoms with E-state index in [0.717, 1.165) is 5.56 Å². The maximum absolute atomic E-state index is 12.3. The second-order valence-corrected chi connectivity index (χ2v) is 5.46.